The van der Waals surface area contributed by atoms with E-state index in [1.807, 2.05) is 38.1 Å². The van der Waals surface area contributed by atoms with Crippen LogP contribution in [-0.4, -0.2) is 16.7 Å². The van der Waals surface area contributed by atoms with E-state index in [2.05, 4.69) is 38.1 Å². The number of nitrogens with one attached hydrogen (secondary N) is 1. The average Bonchev–Trinajstić information content (AvgIpc) is 2.78. The molecule has 17 heavy (non-hydrogen) atoms. The van der Waals surface area contributed by atoms with Gasteiger partial charge in [-0.3, -0.25) is 0 Å². The summed E-state index contributed by atoms with van der Waals surface area (Å²) in [5.41, 5.74) is 0.958. The Morgan fingerprint density at radius 3 is 2.94 bits per heavy atom. The van der Waals surface area contributed by atoms with Crippen LogP contribution in [-0.2, 0) is 0 Å². The summed E-state index contributed by atoms with van der Waals surface area (Å²) in [6, 6.07) is 8.09. The lowest BCUT2D eigenvalue weighted by atomic mass is 10.2. The molecule has 0 radical (unpaired) electrons. The summed E-state index contributed by atoms with van der Waals surface area (Å²) in [4.78, 5) is 0. The molecule has 2 aromatic rings. The van der Waals surface area contributed by atoms with Gasteiger partial charge in [-0.1, -0.05) is 13.0 Å². The van der Waals surface area contributed by atoms with Gasteiger partial charge in [-0.15, -0.1) is 10.2 Å². The van der Waals surface area contributed by atoms with Crippen molar-refractivity contribution in [2.45, 2.75) is 19.9 Å². The first kappa shape index (κ1) is 12.5. The standard InChI is InChI=1S/C12H14IN3O/c1-3-14-8(2)11-15-16-12(17-11)9-5-4-6-10(13)7-9/h4-8,14H,3H2,1-2H3. The first-order chi connectivity index (χ1) is 8.20. The second kappa shape index (κ2) is 5.59. The maximum Gasteiger partial charge on any atom is 0.247 e. The van der Waals surface area contributed by atoms with Crippen LogP contribution in [0.5, 0.6) is 0 Å². The second-order valence-electron chi connectivity index (χ2n) is 3.74. The Bertz CT molecular complexity index is 498. The largest absolute Gasteiger partial charge is 0.419 e. The lowest BCUT2D eigenvalue weighted by molar-refractivity contribution is 0.429. The first-order valence-corrected chi connectivity index (χ1v) is 6.61. The molecule has 1 atom stereocenters. The molecule has 1 N–H and O–H groups in total. The van der Waals surface area contributed by atoms with Crippen molar-refractivity contribution in [1.82, 2.24) is 15.5 Å². The van der Waals surface area contributed by atoms with Gasteiger partial charge in [-0.25, -0.2) is 0 Å². The summed E-state index contributed by atoms with van der Waals surface area (Å²) in [7, 11) is 0. The fourth-order valence-corrected chi connectivity index (χ4v) is 2.08. The smallest absolute Gasteiger partial charge is 0.247 e. The predicted octanol–water partition coefficient (Wildman–Crippen LogP) is 3.01. The summed E-state index contributed by atoms with van der Waals surface area (Å²) in [6.07, 6.45) is 0. The van der Waals surface area contributed by atoms with Crippen LogP contribution < -0.4 is 5.32 Å². The summed E-state index contributed by atoms with van der Waals surface area (Å²) < 4.78 is 6.80. The molecule has 0 aliphatic heterocycles. The Kier molecular flexibility index (Phi) is 4.11. The third kappa shape index (κ3) is 3.04. The Morgan fingerprint density at radius 1 is 1.41 bits per heavy atom. The van der Waals surface area contributed by atoms with Crippen LogP contribution in [0.1, 0.15) is 25.8 Å². The zero-order valence-electron chi connectivity index (χ0n) is 9.77. The van der Waals surface area contributed by atoms with Crippen molar-refractivity contribution in [2.75, 3.05) is 6.54 Å². The number of aromatic nitrogens is 2. The van der Waals surface area contributed by atoms with Gasteiger partial charge in [0.2, 0.25) is 11.8 Å². The summed E-state index contributed by atoms with van der Waals surface area (Å²) in [5.74, 6) is 1.20. The zero-order chi connectivity index (χ0) is 12.3. The molecule has 0 saturated heterocycles. The Balaban J connectivity index is 2.23. The topological polar surface area (TPSA) is 51.0 Å². The van der Waals surface area contributed by atoms with Crippen molar-refractivity contribution >= 4 is 22.6 Å². The van der Waals surface area contributed by atoms with Gasteiger partial charge in [0.15, 0.2) is 0 Å². The Morgan fingerprint density at radius 2 is 2.24 bits per heavy atom. The number of nitrogens with zero attached hydrogens (tertiary/aromatic N) is 2. The molecule has 1 unspecified atom stereocenters. The van der Waals surface area contributed by atoms with Gasteiger partial charge >= 0.3 is 0 Å². The minimum Gasteiger partial charge on any atom is -0.419 e. The molecule has 0 aliphatic carbocycles. The highest BCUT2D eigenvalue weighted by Crippen LogP contribution is 2.21. The van der Waals surface area contributed by atoms with Crippen molar-refractivity contribution < 1.29 is 4.42 Å². The molecule has 1 aromatic carbocycles. The van der Waals surface area contributed by atoms with Gasteiger partial charge in [-0.2, -0.15) is 0 Å². The molecule has 0 aliphatic rings. The fourth-order valence-electron chi connectivity index (χ4n) is 1.54. The Labute approximate surface area is 114 Å². The lowest BCUT2D eigenvalue weighted by Crippen LogP contribution is -2.17. The number of rotatable bonds is 4. The minimum atomic E-state index is 0.0871. The second-order valence-corrected chi connectivity index (χ2v) is 4.98. The highest BCUT2D eigenvalue weighted by atomic mass is 127. The van der Waals surface area contributed by atoms with Gasteiger partial charge < -0.3 is 9.73 Å². The van der Waals surface area contributed by atoms with Crippen molar-refractivity contribution in [3.05, 3.63) is 33.7 Å². The molecular formula is C12H14IN3O. The number of benzene rings is 1. The van der Waals surface area contributed by atoms with E-state index in [-0.39, 0.29) is 6.04 Å². The van der Waals surface area contributed by atoms with Gasteiger partial charge in [-0.05, 0) is 54.3 Å². The van der Waals surface area contributed by atoms with E-state index in [9.17, 15) is 0 Å². The van der Waals surface area contributed by atoms with Crippen molar-refractivity contribution in [2.24, 2.45) is 0 Å². The molecule has 0 fully saturated rings. The molecule has 5 heteroatoms. The van der Waals surface area contributed by atoms with Crippen LogP contribution in [0.2, 0.25) is 0 Å². The molecule has 0 saturated carbocycles. The number of halogens is 1. The van der Waals surface area contributed by atoms with Crippen LogP contribution in [0.25, 0.3) is 11.5 Å². The van der Waals surface area contributed by atoms with E-state index < -0.39 is 0 Å². The number of hydrogen-bond donors (Lipinski definition) is 1. The SMILES string of the molecule is CCNC(C)c1nnc(-c2cccc(I)c2)o1. The van der Waals surface area contributed by atoms with E-state index in [4.69, 9.17) is 4.42 Å². The minimum absolute atomic E-state index is 0.0871. The average molecular weight is 343 g/mol. The maximum atomic E-state index is 5.65. The van der Waals surface area contributed by atoms with Crippen molar-refractivity contribution in [3.8, 4) is 11.5 Å². The molecule has 90 valence electrons. The van der Waals surface area contributed by atoms with Crippen molar-refractivity contribution in [1.29, 1.82) is 0 Å². The summed E-state index contributed by atoms with van der Waals surface area (Å²) in [5, 5.41) is 11.4. The monoisotopic (exact) mass is 343 g/mol. The molecule has 0 amide bonds. The van der Waals surface area contributed by atoms with E-state index in [0.29, 0.717) is 11.8 Å². The van der Waals surface area contributed by atoms with Crippen LogP contribution in [0.3, 0.4) is 0 Å². The van der Waals surface area contributed by atoms with Crippen LogP contribution in [0.15, 0.2) is 28.7 Å². The van der Waals surface area contributed by atoms with Gasteiger partial charge in [0.25, 0.3) is 0 Å². The third-order valence-electron chi connectivity index (χ3n) is 2.39. The number of hydrogen-bond acceptors (Lipinski definition) is 4. The van der Waals surface area contributed by atoms with Crippen LogP contribution in [0.4, 0.5) is 0 Å². The third-order valence-corrected chi connectivity index (χ3v) is 3.06. The highest BCUT2D eigenvalue weighted by molar-refractivity contribution is 14.1. The zero-order valence-corrected chi connectivity index (χ0v) is 11.9. The molecule has 0 spiro atoms. The van der Waals surface area contributed by atoms with Gasteiger partial charge in [0, 0.05) is 9.13 Å². The van der Waals surface area contributed by atoms with Gasteiger partial charge in [0.1, 0.15) is 0 Å². The fraction of sp³-hybridized carbons (Fsp3) is 0.333. The van der Waals surface area contributed by atoms with E-state index in [1.165, 1.54) is 0 Å². The van der Waals surface area contributed by atoms with E-state index >= 15 is 0 Å². The molecule has 2 rings (SSSR count). The normalized spacial score (nSPS) is 12.6. The molecule has 1 aromatic heterocycles. The van der Waals surface area contributed by atoms with Gasteiger partial charge in [0.05, 0.1) is 6.04 Å². The van der Waals surface area contributed by atoms with E-state index in [1.54, 1.807) is 0 Å². The molecular weight excluding hydrogens is 329 g/mol. The van der Waals surface area contributed by atoms with Crippen LogP contribution >= 0.6 is 22.6 Å². The molecule has 4 nitrogen and oxygen atoms in total. The predicted molar refractivity (Wildman–Crippen MR) is 74.5 cm³/mol. The van der Waals surface area contributed by atoms with E-state index in [0.717, 1.165) is 15.7 Å². The molecule has 0 bridgehead atoms. The molecule has 1 heterocycles. The lowest BCUT2D eigenvalue weighted by Gasteiger charge is -2.05. The summed E-state index contributed by atoms with van der Waals surface area (Å²) in [6.45, 7) is 4.94. The Hall–Kier alpha value is -0.950. The summed E-state index contributed by atoms with van der Waals surface area (Å²) >= 11 is 2.26. The first-order valence-electron chi connectivity index (χ1n) is 5.53. The quantitative estimate of drug-likeness (QED) is 0.867. The van der Waals surface area contributed by atoms with Crippen molar-refractivity contribution in [3.63, 3.8) is 0 Å². The maximum absolute atomic E-state index is 5.65. The van der Waals surface area contributed by atoms with Crippen LogP contribution in [0, 0.1) is 3.57 Å². The highest BCUT2D eigenvalue weighted by Gasteiger charge is 2.13.